The molecule has 0 aromatic heterocycles. The Balaban J connectivity index is 2.73. The van der Waals surface area contributed by atoms with Gasteiger partial charge in [0.05, 0.1) is 0 Å². The highest BCUT2D eigenvalue weighted by molar-refractivity contribution is 5.88. The summed E-state index contributed by atoms with van der Waals surface area (Å²) in [4.78, 5) is 11.9. The lowest BCUT2D eigenvalue weighted by atomic mass is 9.88. The maximum absolute atomic E-state index is 12.0. The summed E-state index contributed by atoms with van der Waals surface area (Å²) in [6.07, 6.45) is -4.15. The van der Waals surface area contributed by atoms with E-state index < -0.39 is 12.0 Å². The predicted octanol–water partition coefficient (Wildman–Crippen LogP) is 3.25. The van der Waals surface area contributed by atoms with Gasteiger partial charge in [-0.3, -0.25) is 4.79 Å². The molecule has 0 heterocycles. The highest BCUT2D eigenvalue weighted by Gasteiger charge is 2.32. The Hall–Kier alpha value is -1.56. The van der Waals surface area contributed by atoms with Crippen molar-refractivity contribution in [1.29, 1.82) is 0 Å². The maximum Gasteiger partial charge on any atom is 0.573 e. The second-order valence-corrected chi connectivity index (χ2v) is 4.53. The van der Waals surface area contributed by atoms with Crippen molar-refractivity contribution in [2.45, 2.75) is 45.1 Å². The smallest absolute Gasteiger partial charge is 0.406 e. The first-order valence-corrected chi connectivity index (χ1v) is 6.30. The minimum absolute atomic E-state index is 0.0233. The summed E-state index contributed by atoms with van der Waals surface area (Å²) in [6, 6.07) is 5.05. The summed E-state index contributed by atoms with van der Waals surface area (Å²) < 4.78 is 39.7. The molecular formula is C14H17F3O3. The number of carbonyl (C=O) groups excluding carboxylic acids is 1. The second-order valence-electron chi connectivity index (χ2n) is 4.53. The van der Waals surface area contributed by atoms with Crippen LogP contribution in [0.4, 0.5) is 13.2 Å². The van der Waals surface area contributed by atoms with E-state index in [0.717, 1.165) is 12.1 Å². The number of hydrogen-bond acceptors (Lipinski definition) is 3. The van der Waals surface area contributed by atoms with Gasteiger partial charge in [-0.05, 0) is 30.5 Å². The zero-order valence-electron chi connectivity index (χ0n) is 11.3. The zero-order chi connectivity index (χ0) is 15.4. The van der Waals surface area contributed by atoms with Crippen molar-refractivity contribution in [2.24, 2.45) is 0 Å². The molecule has 6 heteroatoms. The van der Waals surface area contributed by atoms with Crippen LogP contribution in [-0.4, -0.2) is 22.9 Å². The summed E-state index contributed by atoms with van der Waals surface area (Å²) in [6.45, 7) is 3.42. The summed E-state index contributed by atoms with van der Waals surface area (Å²) >= 11 is 0. The Labute approximate surface area is 115 Å². The fourth-order valence-corrected chi connectivity index (χ4v) is 1.80. The molecule has 0 fully saturated rings. The van der Waals surface area contributed by atoms with E-state index >= 15 is 0 Å². The Morgan fingerprint density at radius 2 is 1.65 bits per heavy atom. The first-order chi connectivity index (χ1) is 9.20. The monoisotopic (exact) mass is 290 g/mol. The Morgan fingerprint density at radius 1 is 1.15 bits per heavy atom. The standard InChI is InChI=1S/C14H17F3O3/c1-3-13(19,4-2)12(18)9-10-5-7-11(8-6-10)20-14(15,16)17/h5-8,19H,3-4,9H2,1-2H3. The van der Waals surface area contributed by atoms with Gasteiger partial charge >= 0.3 is 6.36 Å². The first kappa shape index (κ1) is 16.5. The van der Waals surface area contributed by atoms with Gasteiger partial charge in [0.1, 0.15) is 11.4 Å². The number of hydrogen-bond donors (Lipinski definition) is 1. The fourth-order valence-electron chi connectivity index (χ4n) is 1.80. The van der Waals surface area contributed by atoms with Crippen LogP contribution in [0, 0.1) is 0 Å². The number of benzene rings is 1. The van der Waals surface area contributed by atoms with Crippen LogP contribution in [0.3, 0.4) is 0 Å². The van der Waals surface area contributed by atoms with E-state index in [4.69, 9.17) is 0 Å². The van der Waals surface area contributed by atoms with Crippen molar-refractivity contribution in [3.8, 4) is 5.75 Å². The number of ketones is 1. The van der Waals surface area contributed by atoms with Crippen molar-refractivity contribution >= 4 is 5.78 Å². The van der Waals surface area contributed by atoms with Crippen molar-refractivity contribution in [1.82, 2.24) is 0 Å². The average molecular weight is 290 g/mol. The summed E-state index contributed by atoms with van der Waals surface area (Å²) in [5, 5.41) is 10.0. The highest BCUT2D eigenvalue weighted by atomic mass is 19.4. The third kappa shape index (κ3) is 4.52. The number of carbonyl (C=O) groups is 1. The molecule has 1 rings (SSSR count). The Morgan fingerprint density at radius 3 is 2.05 bits per heavy atom. The van der Waals surface area contributed by atoms with Gasteiger partial charge in [0, 0.05) is 6.42 Å². The number of ether oxygens (including phenoxy) is 1. The number of rotatable bonds is 6. The molecule has 0 bridgehead atoms. The molecule has 1 aromatic rings. The SMILES string of the molecule is CCC(O)(CC)C(=O)Cc1ccc(OC(F)(F)F)cc1. The van der Waals surface area contributed by atoms with E-state index in [2.05, 4.69) is 4.74 Å². The number of alkyl halides is 3. The van der Waals surface area contributed by atoms with Crippen LogP contribution in [-0.2, 0) is 11.2 Å². The molecule has 0 amide bonds. The summed E-state index contributed by atoms with van der Waals surface area (Å²) in [7, 11) is 0. The lowest BCUT2D eigenvalue weighted by Gasteiger charge is -2.23. The lowest BCUT2D eigenvalue weighted by Crippen LogP contribution is -2.38. The van der Waals surface area contributed by atoms with E-state index in [1.807, 2.05) is 0 Å². The molecule has 1 aromatic carbocycles. The van der Waals surface area contributed by atoms with E-state index in [1.165, 1.54) is 12.1 Å². The van der Waals surface area contributed by atoms with E-state index in [-0.39, 0.29) is 18.0 Å². The van der Waals surface area contributed by atoms with E-state index in [0.29, 0.717) is 18.4 Å². The van der Waals surface area contributed by atoms with Gasteiger partial charge in [-0.2, -0.15) is 0 Å². The summed E-state index contributed by atoms with van der Waals surface area (Å²) in [5.74, 6) is -0.679. The molecule has 0 aliphatic rings. The third-order valence-corrected chi connectivity index (χ3v) is 3.21. The largest absolute Gasteiger partial charge is 0.573 e. The second kappa shape index (κ2) is 6.26. The molecule has 1 N–H and O–H groups in total. The average Bonchev–Trinajstić information content (AvgIpc) is 2.38. The zero-order valence-corrected chi connectivity index (χ0v) is 11.3. The molecular weight excluding hydrogens is 273 g/mol. The van der Waals surface area contributed by atoms with Gasteiger partial charge < -0.3 is 9.84 Å². The molecule has 0 radical (unpaired) electrons. The van der Waals surface area contributed by atoms with Gasteiger partial charge in [0.25, 0.3) is 0 Å². The van der Waals surface area contributed by atoms with Crippen LogP contribution >= 0.6 is 0 Å². The van der Waals surface area contributed by atoms with Gasteiger partial charge in [-0.1, -0.05) is 26.0 Å². The third-order valence-electron chi connectivity index (χ3n) is 3.21. The predicted molar refractivity (Wildman–Crippen MR) is 67.4 cm³/mol. The molecule has 20 heavy (non-hydrogen) atoms. The quantitative estimate of drug-likeness (QED) is 0.874. The van der Waals surface area contributed by atoms with Crippen molar-refractivity contribution in [3.63, 3.8) is 0 Å². The van der Waals surface area contributed by atoms with Gasteiger partial charge in [0.2, 0.25) is 0 Å². The lowest BCUT2D eigenvalue weighted by molar-refractivity contribution is -0.274. The number of halogens is 3. The van der Waals surface area contributed by atoms with Crippen LogP contribution in [0.2, 0.25) is 0 Å². The number of aliphatic hydroxyl groups is 1. The Kier molecular flexibility index (Phi) is 5.16. The minimum Gasteiger partial charge on any atom is -0.406 e. The molecule has 0 saturated heterocycles. The molecule has 0 unspecified atom stereocenters. The van der Waals surface area contributed by atoms with E-state index in [9.17, 15) is 23.1 Å². The molecule has 0 saturated carbocycles. The van der Waals surface area contributed by atoms with Crippen molar-refractivity contribution < 1.29 is 27.8 Å². The minimum atomic E-state index is -4.73. The molecule has 0 aliphatic carbocycles. The Bertz CT molecular complexity index is 448. The normalized spacial score (nSPS) is 12.3. The maximum atomic E-state index is 12.0. The molecule has 0 spiro atoms. The van der Waals surface area contributed by atoms with Crippen LogP contribution in [0.15, 0.2) is 24.3 Å². The number of Topliss-reactive ketones (excluding diaryl/α,β-unsaturated/α-hetero) is 1. The van der Waals surface area contributed by atoms with Crippen molar-refractivity contribution in [3.05, 3.63) is 29.8 Å². The topological polar surface area (TPSA) is 46.5 Å². The van der Waals surface area contributed by atoms with Crippen molar-refractivity contribution in [2.75, 3.05) is 0 Å². The van der Waals surface area contributed by atoms with Gasteiger partial charge in [-0.25, -0.2) is 0 Å². The van der Waals surface area contributed by atoms with Crippen LogP contribution in [0.25, 0.3) is 0 Å². The molecule has 0 atom stereocenters. The van der Waals surface area contributed by atoms with Crippen LogP contribution in [0.1, 0.15) is 32.3 Å². The molecule has 3 nitrogen and oxygen atoms in total. The van der Waals surface area contributed by atoms with Gasteiger partial charge in [-0.15, -0.1) is 13.2 Å². The molecule has 112 valence electrons. The van der Waals surface area contributed by atoms with Crippen LogP contribution in [0.5, 0.6) is 5.75 Å². The summed E-state index contributed by atoms with van der Waals surface area (Å²) in [5.41, 5.74) is -0.842. The van der Waals surface area contributed by atoms with Gasteiger partial charge in [0.15, 0.2) is 5.78 Å². The first-order valence-electron chi connectivity index (χ1n) is 6.30. The fraction of sp³-hybridized carbons (Fsp3) is 0.500. The van der Waals surface area contributed by atoms with Crippen LogP contribution < -0.4 is 4.74 Å². The highest BCUT2D eigenvalue weighted by Crippen LogP contribution is 2.24. The van der Waals surface area contributed by atoms with E-state index in [1.54, 1.807) is 13.8 Å². The molecule has 0 aliphatic heterocycles.